The summed E-state index contributed by atoms with van der Waals surface area (Å²) in [5.41, 5.74) is -0.271. The van der Waals surface area contributed by atoms with Crippen LogP contribution in [0.5, 0.6) is 0 Å². The lowest BCUT2D eigenvalue weighted by atomic mass is 9.84. The van der Waals surface area contributed by atoms with Crippen LogP contribution in [0.2, 0.25) is 0 Å². The van der Waals surface area contributed by atoms with E-state index in [1.165, 1.54) is 0 Å². The fourth-order valence-electron chi connectivity index (χ4n) is 2.18. The van der Waals surface area contributed by atoms with Gasteiger partial charge in [0.15, 0.2) is 0 Å². The largest absolute Gasteiger partial charge is 0.215 e. The molecule has 0 aromatic heterocycles. The molecule has 0 aromatic rings. The molecular weight excluding hydrogens is 174 g/mol. The zero-order chi connectivity index (χ0) is 9.57. The van der Waals surface area contributed by atoms with Crippen molar-refractivity contribution in [1.29, 1.82) is 0 Å². The highest BCUT2D eigenvalue weighted by molar-refractivity contribution is 7.90. The Morgan fingerprint density at radius 2 is 1.92 bits per heavy atom. The predicted molar refractivity (Wildman–Crippen MR) is 49.4 cm³/mol. The SMILES string of the molecule is CCC1C(C)S(=O)(=O)NC1(C)C. The highest BCUT2D eigenvalue weighted by atomic mass is 32.2. The Morgan fingerprint density at radius 1 is 1.42 bits per heavy atom. The van der Waals surface area contributed by atoms with E-state index in [0.717, 1.165) is 6.42 Å². The minimum absolute atomic E-state index is 0.225. The Morgan fingerprint density at radius 3 is 2.08 bits per heavy atom. The molecule has 0 spiro atoms. The summed E-state index contributed by atoms with van der Waals surface area (Å²) in [5.74, 6) is 0.225. The molecule has 1 aliphatic rings. The Balaban J connectivity index is 3.04. The molecule has 1 rings (SSSR count). The third-order valence-corrected chi connectivity index (χ3v) is 4.95. The molecule has 1 fully saturated rings. The molecule has 0 bridgehead atoms. The van der Waals surface area contributed by atoms with Crippen molar-refractivity contribution in [3.63, 3.8) is 0 Å². The van der Waals surface area contributed by atoms with Gasteiger partial charge in [0.2, 0.25) is 10.0 Å². The smallest absolute Gasteiger partial charge is 0.212 e. The van der Waals surface area contributed by atoms with Crippen molar-refractivity contribution < 1.29 is 8.42 Å². The number of nitrogens with one attached hydrogen (secondary N) is 1. The van der Waals surface area contributed by atoms with Gasteiger partial charge in [0.05, 0.1) is 5.25 Å². The molecule has 3 nitrogen and oxygen atoms in total. The summed E-state index contributed by atoms with van der Waals surface area (Å²) in [6.07, 6.45) is 0.903. The van der Waals surface area contributed by atoms with Crippen LogP contribution in [0.3, 0.4) is 0 Å². The first-order valence-electron chi connectivity index (χ1n) is 4.34. The van der Waals surface area contributed by atoms with Gasteiger partial charge in [0.25, 0.3) is 0 Å². The third-order valence-electron chi connectivity index (χ3n) is 2.83. The van der Waals surface area contributed by atoms with Gasteiger partial charge in [-0.2, -0.15) is 0 Å². The molecule has 0 amide bonds. The molecule has 12 heavy (non-hydrogen) atoms. The van der Waals surface area contributed by atoms with Gasteiger partial charge in [-0.3, -0.25) is 0 Å². The molecule has 1 saturated heterocycles. The van der Waals surface area contributed by atoms with Crippen molar-refractivity contribution in [2.45, 2.75) is 44.9 Å². The van der Waals surface area contributed by atoms with E-state index < -0.39 is 10.0 Å². The summed E-state index contributed by atoms with van der Waals surface area (Å²) >= 11 is 0. The van der Waals surface area contributed by atoms with Gasteiger partial charge < -0.3 is 0 Å². The van der Waals surface area contributed by atoms with Crippen LogP contribution in [0.15, 0.2) is 0 Å². The van der Waals surface area contributed by atoms with Crippen molar-refractivity contribution >= 4 is 10.0 Å². The molecule has 0 aromatic carbocycles. The molecule has 0 aliphatic carbocycles. The number of sulfonamides is 1. The number of hydrogen-bond donors (Lipinski definition) is 1. The van der Waals surface area contributed by atoms with E-state index in [9.17, 15) is 8.42 Å². The molecule has 2 atom stereocenters. The molecule has 0 radical (unpaired) electrons. The predicted octanol–water partition coefficient (Wildman–Crippen LogP) is 1.11. The fourth-order valence-corrected chi connectivity index (χ4v) is 4.22. The number of hydrogen-bond acceptors (Lipinski definition) is 2. The van der Waals surface area contributed by atoms with Crippen LogP contribution in [0.4, 0.5) is 0 Å². The highest BCUT2D eigenvalue weighted by Crippen LogP contribution is 2.34. The molecular formula is C8H17NO2S. The van der Waals surface area contributed by atoms with Crippen molar-refractivity contribution in [3.05, 3.63) is 0 Å². The maximum absolute atomic E-state index is 11.4. The molecule has 0 saturated carbocycles. The zero-order valence-corrected chi connectivity index (χ0v) is 8.90. The van der Waals surface area contributed by atoms with E-state index in [4.69, 9.17) is 0 Å². The van der Waals surface area contributed by atoms with E-state index in [1.54, 1.807) is 6.92 Å². The van der Waals surface area contributed by atoms with E-state index in [0.29, 0.717) is 0 Å². The average Bonchev–Trinajstić information content (AvgIpc) is 1.98. The Labute approximate surface area is 74.6 Å². The molecule has 2 unspecified atom stereocenters. The summed E-state index contributed by atoms with van der Waals surface area (Å²) in [7, 11) is -3.04. The van der Waals surface area contributed by atoms with Gasteiger partial charge in [-0.15, -0.1) is 0 Å². The summed E-state index contributed by atoms with van der Waals surface area (Å²) in [5, 5.41) is -0.252. The zero-order valence-electron chi connectivity index (χ0n) is 8.09. The Kier molecular flexibility index (Phi) is 2.25. The second-order valence-corrected chi connectivity index (χ2v) is 6.13. The van der Waals surface area contributed by atoms with Crippen molar-refractivity contribution in [1.82, 2.24) is 4.72 Å². The van der Waals surface area contributed by atoms with Crippen LogP contribution >= 0.6 is 0 Å². The van der Waals surface area contributed by atoms with Crippen molar-refractivity contribution in [2.75, 3.05) is 0 Å². The Bertz CT molecular complexity index is 269. The molecule has 4 heteroatoms. The topological polar surface area (TPSA) is 46.2 Å². The van der Waals surface area contributed by atoms with Gasteiger partial charge in [-0.1, -0.05) is 13.3 Å². The van der Waals surface area contributed by atoms with Crippen LogP contribution in [0.25, 0.3) is 0 Å². The lowest BCUT2D eigenvalue weighted by Crippen LogP contribution is -2.39. The Hall–Kier alpha value is -0.0900. The minimum atomic E-state index is -3.04. The summed E-state index contributed by atoms with van der Waals surface area (Å²) in [6.45, 7) is 7.71. The van der Waals surface area contributed by atoms with Gasteiger partial charge in [-0.25, -0.2) is 13.1 Å². The van der Waals surface area contributed by atoms with Gasteiger partial charge >= 0.3 is 0 Å². The van der Waals surface area contributed by atoms with E-state index >= 15 is 0 Å². The van der Waals surface area contributed by atoms with Crippen molar-refractivity contribution in [3.8, 4) is 0 Å². The van der Waals surface area contributed by atoms with Crippen LogP contribution in [-0.2, 0) is 10.0 Å². The van der Waals surface area contributed by atoms with Gasteiger partial charge in [0, 0.05) is 5.54 Å². The highest BCUT2D eigenvalue weighted by Gasteiger charge is 2.47. The monoisotopic (exact) mass is 191 g/mol. The van der Waals surface area contributed by atoms with E-state index in [1.807, 2.05) is 20.8 Å². The van der Waals surface area contributed by atoms with E-state index in [-0.39, 0.29) is 16.7 Å². The second kappa shape index (κ2) is 2.70. The minimum Gasteiger partial charge on any atom is -0.212 e. The third kappa shape index (κ3) is 1.38. The first kappa shape index (κ1) is 9.99. The maximum Gasteiger partial charge on any atom is 0.215 e. The quantitative estimate of drug-likeness (QED) is 0.675. The van der Waals surface area contributed by atoms with Crippen LogP contribution in [0, 0.1) is 5.92 Å². The lowest BCUT2D eigenvalue weighted by molar-refractivity contribution is 0.314. The van der Waals surface area contributed by atoms with Gasteiger partial charge in [-0.05, 0) is 26.7 Å². The van der Waals surface area contributed by atoms with Crippen LogP contribution in [-0.4, -0.2) is 19.2 Å². The van der Waals surface area contributed by atoms with Crippen molar-refractivity contribution in [2.24, 2.45) is 5.92 Å². The normalized spacial score (nSPS) is 38.3. The first-order valence-corrected chi connectivity index (χ1v) is 5.88. The molecule has 1 heterocycles. The van der Waals surface area contributed by atoms with Gasteiger partial charge in [0.1, 0.15) is 0 Å². The fraction of sp³-hybridized carbons (Fsp3) is 1.00. The maximum atomic E-state index is 11.4. The number of rotatable bonds is 1. The summed E-state index contributed by atoms with van der Waals surface area (Å²) in [4.78, 5) is 0. The lowest BCUT2D eigenvalue weighted by Gasteiger charge is -2.25. The van der Waals surface area contributed by atoms with Crippen LogP contribution < -0.4 is 4.72 Å². The second-order valence-electron chi connectivity index (χ2n) is 4.09. The molecule has 1 N–H and O–H groups in total. The molecule has 1 aliphatic heterocycles. The first-order chi connectivity index (χ1) is 5.31. The van der Waals surface area contributed by atoms with E-state index in [2.05, 4.69) is 4.72 Å². The standard InChI is InChI=1S/C8H17NO2S/c1-5-7-6(2)12(10,11)9-8(7,3)4/h6-7,9H,5H2,1-4H3. The summed E-state index contributed by atoms with van der Waals surface area (Å²) in [6, 6.07) is 0. The average molecular weight is 191 g/mol. The summed E-state index contributed by atoms with van der Waals surface area (Å²) < 4.78 is 25.6. The molecule has 72 valence electrons. The van der Waals surface area contributed by atoms with Crippen LogP contribution in [0.1, 0.15) is 34.1 Å².